The Morgan fingerprint density at radius 3 is 2.57 bits per heavy atom. The standard InChI is InChI=1S/C22H26N4O3S/c1-3-15(2)20(21-23-18-7-4-5-8-19(18)24-21)25-22(27)16-9-11-17(12-10-16)26-13-6-14-30(26,28)29/h4-5,7-12,15,20H,3,6,13-14H2,1-2H3,(H,23,24)(H,25,27). The van der Waals surface area contributed by atoms with Crippen molar-refractivity contribution in [3.8, 4) is 0 Å². The fraction of sp³-hybridized carbons (Fsp3) is 0.364. The average Bonchev–Trinajstić information content (AvgIpc) is 3.33. The lowest BCUT2D eigenvalue weighted by atomic mass is 9.98. The molecule has 2 aromatic carbocycles. The van der Waals surface area contributed by atoms with Crippen LogP contribution in [0.3, 0.4) is 0 Å². The lowest BCUT2D eigenvalue weighted by Gasteiger charge is -2.23. The lowest BCUT2D eigenvalue weighted by Crippen LogP contribution is -2.33. The summed E-state index contributed by atoms with van der Waals surface area (Å²) in [6, 6.07) is 14.3. The van der Waals surface area contributed by atoms with Crippen molar-refractivity contribution in [2.45, 2.75) is 32.7 Å². The zero-order valence-corrected chi connectivity index (χ0v) is 17.9. The number of imidazole rings is 1. The summed E-state index contributed by atoms with van der Waals surface area (Å²) in [5.41, 5.74) is 2.89. The van der Waals surface area contributed by atoms with E-state index in [1.54, 1.807) is 24.3 Å². The Morgan fingerprint density at radius 2 is 1.93 bits per heavy atom. The van der Waals surface area contributed by atoms with Crippen LogP contribution >= 0.6 is 0 Å². The zero-order valence-electron chi connectivity index (χ0n) is 17.1. The zero-order chi connectivity index (χ0) is 21.3. The molecular weight excluding hydrogens is 400 g/mol. The smallest absolute Gasteiger partial charge is 0.251 e. The molecule has 2 atom stereocenters. The van der Waals surface area contributed by atoms with Crippen molar-refractivity contribution in [2.75, 3.05) is 16.6 Å². The molecule has 7 nitrogen and oxygen atoms in total. The molecule has 30 heavy (non-hydrogen) atoms. The molecule has 2 unspecified atom stereocenters. The topological polar surface area (TPSA) is 95.2 Å². The molecule has 158 valence electrons. The monoisotopic (exact) mass is 426 g/mol. The van der Waals surface area contributed by atoms with Gasteiger partial charge in [-0.3, -0.25) is 9.10 Å². The van der Waals surface area contributed by atoms with E-state index in [0.717, 1.165) is 23.3 Å². The second-order valence-electron chi connectivity index (χ2n) is 7.76. The molecule has 1 aliphatic heterocycles. The first-order valence-electron chi connectivity index (χ1n) is 10.2. The number of rotatable bonds is 6. The second kappa shape index (κ2) is 8.10. The number of carbonyl (C=O) groups is 1. The Labute approximate surface area is 176 Å². The minimum absolute atomic E-state index is 0.170. The quantitative estimate of drug-likeness (QED) is 0.629. The van der Waals surface area contributed by atoms with Crippen molar-refractivity contribution >= 4 is 32.7 Å². The molecule has 1 amide bonds. The highest BCUT2D eigenvalue weighted by atomic mass is 32.2. The number of aromatic nitrogens is 2. The third-order valence-corrected chi connectivity index (χ3v) is 7.59. The van der Waals surface area contributed by atoms with Crippen LogP contribution in [0.1, 0.15) is 48.9 Å². The number of amides is 1. The van der Waals surface area contributed by atoms with Crippen molar-refractivity contribution in [2.24, 2.45) is 5.92 Å². The number of nitrogens with zero attached hydrogens (tertiary/aromatic N) is 2. The van der Waals surface area contributed by atoms with E-state index in [4.69, 9.17) is 0 Å². The number of anilines is 1. The van der Waals surface area contributed by atoms with Gasteiger partial charge in [0.15, 0.2) is 0 Å². The van der Waals surface area contributed by atoms with Crippen LogP contribution in [0, 0.1) is 5.92 Å². The highest BCUT2D eigenvalue weighted by molar-refractivity contribution is 7.93. The minimum atomic E-state index is -3.24. The second-order valence-corrected chi connectivity index (χ2v) is 9.78. The van der Waals surface area contributed by atoms with Gasteiger partial charge in [-0.1, -0.05) is 32.4 Å². The normalized spacial score (nSPS) is 17.7. The predicted octanol–water partition coefficient (Wildman–Crippen LogP) is 3.62. The minimum Gasteiger partial charge on any atom is -0.342 e. The van der Waals surface area contributed by atoms with Crippen LogP contribution in [-0.2, 0) is 10.0 Å². The molecule has 1 saturated heterocycles. The van der Waals surface area contributed by atoms with Gasteiger partial charge in [0.2, 0.25) is 10.0 Å². The molecule has 4 rings (SSSR count). The summed E-state index contributed by atoms with van der Waals surface area (Å²) in [5.74, 6) is 0.877. The van der Waals surface area contributed by atoms with Crippen LogP contribution < -0.4 is 9.62 Å². The maximum atomic E-state index is 12.9. The molecule has 0 radical (unpaired) electrons. The summed E-state index contributed by atoms with van der Waals surface area (Å²) in [7, 11) is -3.24. The summed E-state index contributed by atoms with van der Waals surface area (Å²) >= 11 is 0. The van der Waals surface area contributed by atoms with Gasteiger partial charge in [-0.2, -0.15) is 0 Å². The molecule has 1 aliphatic rings. The summed E-state index contributed by atoms with van der Waals surface area (Å²) in [5, 5.41) is 3.10. The number of aromatic amines is 1. The van der Waals surface area contributed by atoms with Crippen molar-refractivity contribution in [1.29, 1.82) is 0 Å². The molecule has 2 N–H and O–H groups in total. The lowest BCUT2D eigenvalue weighted by molar-refractivity contribution is 0.0920. The number of nitrogens with one attached hydrogen (secondary N) is 2. The number of hydrogen-bond acceptors (Lipinski definition) is 4. The third kappa shape index (κ3) is 3.92. The maximum absolute atomic E-state index is 12.9. The Balaban J connectivity index is 1.55. The van der Waals surface area contributed by atoms with E-state index >= 15 is 0 Å². The van der Waals surface area contributed by atoms with Crippen molar-refractivity contribution < 1.29 is 13.2 Å². The van der Waals surface area contributed by atoms with Crippen LogP contribution in [0.25, 0.3) is 11.0 Å². The molecule has 0 saturated carbocycles. The number of H-pyrrole nitrogens is 1. The number of fused-ring (bicyclic) bond motifs is 1. The Morgan fingerprint density at radius 1 is 1.20 bits per heavy atom. The van der Waals surface area contributed by atoms with Crippen LogP contribution in [0.5, 0.6) is 0 Å². The average molecular weight is 427 g/mol. The van der Waals surface area contributed by atoms with E-state index in [1.165, 1.54) is 4.31 Å². The van der Waals surface area contributed by atoms with Crippen LogP contribution in [0.2, 0.25) is 0 Å². The largest absolute Gasteiger partial charge is 0.342 e. The van der Waals surface area contributed by atoms with Crippen molar-refractivity contribution in [1.82, 2.24) is 15.3 Å². The Bertz CT molecular complexity index is 1120. The van der Waals surface area contributed by atoms with Gasteiger partial charge in [0, 0.05) is 12.1 Å². The van der Waals surface area contributed by atoms with E-state index in [-0.39, 0.29) is 23.6 Å². The molecule has 0 bridgehead atoms. The molecule has 1 fully saturated rings. The summed E-state index contributed by atoms with van der Waals surface area (Å²) in [6.45, 7) is 4.65. The Hall–Kier alpha value is -2.87. The molecular formula is C22H26N4O3S. The number of hydrogen-bond donors (Lipinski definition) is 2. The maximum Gasteiger partial charge on any atom is 0.251 e. The van der Waals surface area contributed by atoms with Crippen molar-refractivity contribution in [3.05, 3.63) is 59.9 Å². The molecule has 0 aliphatic carbocycles. The molecule has 1 aromatic heterocycles. The van der Waals surface area contributed by atoms with Gasteiger partial charge in [0.1, 0.15) is 5.82 Å². The molecule has 3 aromatic rings. The van der Waals surface area contributed by atoms with Gasteiger partial charge in [0.25, 0.3) is 5.91 Å². The summed E-state index contributed by atoms with van der Waals surface area (Å²) in [4.78, 5) is 20.9. The third-order valence-electron chi connectivity index (χ3n) is 5.72. The van der Waals surface area contributed by atoms with E-state index in [1.807, 2.05) is 24.3 Å². The van der Waals surface area contributed by atoms with E-state index in [0.29, 0.717) is 24.2 Å². The SMILES string of the molecule is CCC(C)C(NC(=O)c1ccc(N2CCCS2(=O)=O)cc1)c1nc2ccccc2[nH]1. The predicted molar refractivity (Wildman–Crippen MR) is 118 cm³/mol. The first-order valence-corrected chi connectivity index (χ1v) is 11.9. The number of carbonyl (C=O) groups excluding carboxylic acids is 1. The van der Waals surface area contributed by atoms with Crippen LogP contribution in [0.4, 0.5) is 5.69 Å². The Kier molecular flexibility index (Phi) is 5.51. The number of para-hydroxylation sites is 2. The first kappa shape index (κ1) is 20.4. The fourth-order valence-electron chi connectivity index (χ4n) is 3.77. The highest BCUT2D eigenvalue weighted by Crippen LogP contribution is 2.27. The molecule has 0 spiro atoms. The van der Waals surface area contributed by atoms with Gasteiger partial charge in [-0.05, 0) is 48.7 Å². The molecule has 8 heteroatoms. The van der Waals surface area contributed by atoms with Gasteiger partial charge >= 0.3 is 0 Å². The van der Waals surface area contributed by atoms with Gasteiger partial charge < -0.3 is 10.3 Å². The first-order chi connectivity index (χ1) is 14.4. The van der Waals surface area contributed by atoms with Gasteiger partial charge in [-0.25, -0.2) is 13.4 Å². The summed E-state index contributed by atoms with van der Waals surface area (Å²) in [6.07, 6.45) is 1.51. The van der Waals surface area contributed by atoms with E-state index < -0.39 is 10.0 Å². The summed E-state index contributed by atoms with van der Waals surface area (Å²) < 4.78 is 25.6. The van der Waals surface area contributed by atoms with Crippen LogP contribution in [0.15, 0.2) is 48.5 Å². The van der Waals surface area contributed by atoms with Crippen molar-refractivity contribution in [3.63, 3.8) is 0 Å². The van der Waals surface area contributed by atoms with Gasteiger partial charge in [0.05, 0.1) is 28.5 Å². The molecule has 2 heterocycles. The number of benzene rings is 2. The van der Waals surface area contributed by atoms with E-state index in [2.05, 4.69) is 29.1 Å². The van der Waals surface area contributed by atoms with Crippen LogP contribution in [-0.4, -0.2) is 36.6 Å². The fourth-order valence-corrected chi connectivity index (χ4v) is 5.33. The van der Waals surface area contributed by atoms with E-state index in [9.17, 15) is 13.2 Å². The number of sulfonamides is 1. The van der Waals surface area contributed by atoms with Gasteiger partial charge in [-0.15, -0.1) is 0 Å². The highest BCUT2D eigenvalue weighted by Gasteiger charge is 2.29.